The maximum atomic E-state index is 9.08. The molecule has 1 N–H and O–H groups in total. The molecule has 0 fully saturated rings. The van der Waals surface area contributed by atoms with E-state index in [4.69, 9.17) is 5.11 Å². The van der Waals surface area contributed by atoms with Crippen LogP contribution in [0.5, 0.6) is 0 Å². The van der Waals surface area contributed by atoms with Crippen LogP contribution in [-0.4, -0.2) is 17.4 Å². The summed E-state index contributed by atoms with van der Waals surface area (Å²) in [6, 6.07) is 0. The molecular weight excluding hydrogens is 162 g/mol. The van der Waals surface area contributed by atoms with Gasteiger partial charge < -0.3 is 5.11 Å². The molecule has 0 bridgehead atoms. The zero-order chi connectivity index (χ0) is 10.1. The van der Waals surface area contributed by atoms with Crippen molar-refractivity contribution in [2.24, 2.45) is 22.2 Å². The Morgan fingerprint density at radius 2 is 2.08 bits per heavy atom. The molecule has 0 aliphatic carbocycles. The standard InChI is InChI=1S/C11H19NO/c1-8-9(11(2,3)4)5-6-12-10(8)7-13/h5-6,8-9,13H,7H2,1-4H3. The number of allylic oxidation sites excluding steroid dienone is 1. The molecule has 2 nitrogen and oxygen atoms in total. The Balaban J connectivity index is 2.84. The fourth-order valence-corrected chi connectivity index (χ4v) is 1.95. The fraction of sp³-hybridized carbons (Fsp3) is 0.727. The highest BCUT2D eigenvalue weighted by molar-refractivity contribution is 5.89. The third kappa shape index (κ3) is 2.19. The van der Waals surface area contributed by atoms with E-state index in [0.717, 1.165) is 5.71 Å². The van der Waals surface area contributed by atoms with E-state index in [1.165, 1.54) is 0 Å². The largest absolute Gasteiger partial charge is 0.390 e. The first-order valence-electron chi connectivity index (χ1n) is 4.81. The summed E-state index contributed by atoms with van der Waals surface area (Å²) in [5.74, 6) is 0.835. The summed E-state index contributed by atoms with van der Waals surface area (Å²) in [6.45, 7) is 8.88. The second-order valence-corrected chi connectivity index (χ2v) is 4.80. The molecule has 0 saturated heterocycles. The molecule has 2 unspecified atom stereocenters. The molecule has 1 aliphatic heterocycles. The molecule has 0 saturated carbocycles. The predicted octanol–water partition coefficient (Wildman–Crippen LogP) is 2.25. The minimum Gasteiger partial charge on any atom is -0.390 e. The van der Waals surface area contributed by atoms with E-state index in [1.807, 2.05) is 6.20 Å². The Morgan fingerprint density at radius 1 is 1.46 bits per heavy atom. The molecule has 0 amide bonds. The minimum absolute atomic E-state index is 0.0814. The Hall–Kier alpha value is -0.630. The van der Waals surface area contributed by atoms with E-state index in [-0.39, 0.29) is 12.0 Å². The second-order valence-electron chi connectivity index (χ2n) is 4.80. The molecular formula is C11H19NO. The zero-order valence-corrected chi connectivity index (χ0v) is 8.91. The van der Waals surface area contributed by atoms with Crippen molar-refractivity contribution in [1.29, 1.82) is 0 Å². The number of aliphatic hydroxyl groups excluding tert-OH is 1. The third-order valence-corrected chi connectivity index (χ3v) is 2.76. The quantitative estimate of drug-likeness (QED) is 0.661. The van der Waals surface area contributed by atoms with E-state index in [2.05, 4.69) is 38.8 Å². The van der Waals surface area contributed by atoms with Gasteiger partial charge in [-0.2, -0.15) is 0 Å². The van der Waals surface area contributed by atoms with Crippen LogP contribution in [0.1, 0.15) is 27.7 Å². The van der Waals surface area contributed by atoms with Gasteiger partial charge in [0, 0.05) is 17.8 Å². The van der Waals surface area contributed by atoms with Crippen molar-refractivity contribution in [3.8, 4) is 0 Å². The number of hydrogen-bond donors (Lipinski definition) is 1. The second kappa shape index (κ2) is 3.62. The molecule has 2 heteroatoms. The third-order valence-electron chi connectivity index (χ3n) is 2.76. The van der Waals surface area contributed by atoms with E-state index in [0.29, 0.717) is 11.8 Å². The Bertz CT molecular complexity index is 235. The van der Waals surface area contributed by atoms with Gasteiger partial charge in [0.25, 0.3) is 0 Å². The lowest BCUT2D eigenvalue weighted by atomic mass is 9.71. The van der Waals surface area contributed by atoms with Crippen molar-refractivity contribution in [3.63, 3.8) is 0 Å². The number of aliphatic hydroxyl groups is 1. The van der Waals surface area contributed by atoms with Crippen LogP contribution in [0.3, 0.4) is 0 Å². The highest BCUT2D eigenvalue weighted by Gasteiger charge is 2.31. The van der Waals surface area contributed by atoms with Gasteiger partial charge in [-0.25, -0.2) is 0 Å². The monoisotopic (exact) mass is 181 g/mol. The lowest BCUT2D eigenvalue weighted by Crippen LogP contribution is -2.33. The molecule has 2 atom stereocenters. The fourth-order valence-electron chi connectivity index (χ4n) is 1.95. The molecule has 0 aromatic rings. The van der Waals surface area contributed by atoms with E-state index in [1.54, 1.807) is 0 Å². The van der Waals surface area contributed by atoms with Crippen molar-refractivity contribution in [2.75, 3.05) is 6.61 Å². The van der Waals surface area contributed by atoms with Gasteiger partial charge in [0.2, 0.25) is 0 Å². The van der Waals surface area contributed by atoms with Gasteiger partial charge in [-0.05, 0) is 11.3 Å². The van der Waals surface area contributed by atoms with Crippen LogP contribution < -0.4 is 0 Å². The van der Waals surface area contributed by atoms with Gasteiger partial charge in [0.15, 0.2) is 0 Å². The molecule has 0 radical (unpaired) electrons. The van der Waals surface area contributed by atoms with Crippen LogP contribution in [0.15, 0.2) is 17.3 Å². The number of nitrogens with zero attached hydrogens (tertiary/aromatic N) is 1. The van der Waals surface area contributed by atoms with E-state index < -0.39 is 0 Å². The van der Waals surface area contributed by atoms with Crippen LogP contribution in [0.2, 0.25) is 0 Å². The van der Waals surface area contributed by atoms with Crippen molar-refractivity contribution in [1.82, 2.24) is 0 Å². The zero-order valence-electron chi connectivity index (χ0n) is 8.91. The molecule has 13 heavy (non-hydrogen) atoms. The molecule has 0 aromatic heterocycles. The highest BCUT2D eigenvalue weighted by atomic mass is 16.3. The Morgan fingerprint density at radius 3 is 2.54 bits per heavy atom. The Kier molecular flexibility index (Phi) is 2.91. The Labute approximate surface area is 80.4 Å². The minimum atomic E-state index is 0.0814. The average Bonchev–Trinajstić information content (AvgIpc) is 2.02. The number of aliphatic imine (C=N–C) groups is 1. The van der Waals surface area contributed by atoms with E-state index >= 15 is 0 Å². The average molecular weight is 181 g/mol. The van der Waals surface area contributed by atoms with Crippen LogP contribution in [-0.2, 0) is 0 Å². The van der Waals surface area contributed by atoms with Gasteiger partial charge in [-0.15, -0.1) is 0 Å². The van der Waals surface area contributed by atoms with Crippen LogP contribution >= 0.6 is 0 Å². The predicted molar refractivity (Wildman–Crippen MR) is 55.8 cm³/mol. The van der Waals surface area contributed by atoms with Crippen LogP contribution in [0, 0.1) is 17.3 Å². The normalized spacial score (nSPS) is 28.8. The summed E-state index contributed by atoms with van der Waals surface area (Å²) in [4.78, 5) is 4.18. The van der Waals surface area contributed by atoms with Crippen molar-refractivity contribution in [3.05, 3.63) is 12.3 Å². The maximum absolute atomic E-state index is 9.08. The number of rotatable bonds is 1. The maximum Gasteiger partial charge on any atom is 0.0816 e. The summed E-state index contributed by atoms with van der Waals surface area (Å²) < 4.78 is 0. The van der Waals surface area contributed by atoms with Gasteiger partial charge in [0.05, 0.1) is 6.61 Å². The summed E-state index contributed by atoms with van der Waals surface area (Å²) in [7, 11) is 0. The first kappa shape index (κ1) is 10.5. The summed E-state index contributed by atoms with van der Waals surface area (Å²) in [6.07, 6.45) is 3.96. The van der Waals surface area contributed by atoms with Crippen molar-refractivity contribution in [2.45, 2.75) is 27.7 Å². The molecule has 0 aromatic carbocycles. The van der Waals surface area contributed by atoms with Crippen molar-refractivity contribution >= 4 is 5.71 Å². The number of hydrogen-bond acceptors (Lipinski definition) is 2. The lowest BCUT2D eigenvalue weighted by Gasteiger charge is -2.35. The van der Waals surface area contributed by atoms with Crippen molar-refractivity contribution < 1.29 is 5.11 Å². The van der Waals surface area contributed by atoms with Gasteiger partial charge >= 0.3 is 0 Å². The summed E-state index contributed by atoms with van der Waals surface area (Å²) in [5.41, 5.74) is 1.15. The molecule has 1 heterocycles. The first-order valence-corrected chi connectivity index (χ1v) is 4.81. The smallest absolute Gasteiger partial charge is 0.0816 e. The highest BCUT2D eigenvalue weighted by Crippen LogP contribution is 2.35. The molecule has 1 aliphatic rings. The molecule has 0 spiro atoms. The lowest BCUT2D eigenvalue weighted by molar-refractivity contribution is 0.244. The topological polar surface area (TPSA) is 32.6 Å². The van der Waals surface area contributed by atoms with Crippen LogP contribution in [0.4, 0.5) is 0 Å². The van der Waals surface area contributed by atoms with Gasteiger partial charge in [-0.3, -0.25) is 4.99 Å². The van der Waals surface area contributed by atoms with E-state index in [9.17, 15) is 0 Å². The summed E-state index contributed by atoms with van der Waals surface area (Å²) >= 11 is 0. The molecule has 74 valence electrons. The molecule has 1 rings (SSSR count). The van der Waals surface area contributed by atoms with Gasteiger partial charge in [0.1, 0.15) is 0 Å². The van der Waals surface area contributed by atoms with Crippen LogP contribution in [0.25, 0.3) is 0 Å². The summed E-state index contributed by atoms with van der Waals surface area (Å²) in [5, 5.41) is 9.08. The SMILES string of the molecule is CC1C(CO)=NC=CC1C(C)(C)C. The van der Waals surface area contributed by atoms with Gasteiger partial charge in [-0.1, -0.05) is 33.8 Å². The first-order chi connectivity index (χ1) is 5.96.